The standard InChI is InChI=1S/C11H7BrN4O/c1-6(17)16-11-9(10(12)15-16)13-7-4-2-3-5-8(7)14-11/h2-5H,1H3. The van der Waals surface area contributed by atoms with Gasteiger partial charge in [0.05, 0.1) is 11.0 Å². The zero-order chi connectivity index (χ0) is 12.0. The van der Waals surface area contributed by atoms with Crippen molar-refractivity contribution in [2.45, 2.75) is 6.92 Å². The Bertz CT molecular complexity index is 750. The number of hydrogen-bond acceptors (Lipinski definition) is 4. The molecule has 2 heterocycles. The van der Waals surface area contributed by atoms with Gasteiger partial charge in [0.1, 0.15) is 5.52 Å². The highest BCUT2D eigenvalue weighted by molar-refractivity contribution is 9.10. The second kappa shape index (κ2) is 3.59. The Labute approximate surface area is 105 Å². The second-order valence-electron chi connectivity index (χ2n) is 3.61. The fourth-order valence-corrected chi connectivity index (χ4v) is 2.10. The normalized spacial score (nSPS) is 11.2. The number of para-hydroxylation sites is 2. The Kier molecular flexibility index (Phi) is 2.19. The molecule has 0 aliphatic heterocycles. The molecule has 0 aliphatic rings. The summed E-state index contributed by atoms with van der Waals surface area (Å²) in [6.07, 6.45) is 0. The van der Waals surface area contributed by atoms with Crippen molar-refractivity contribution >= 4 is 44.0 Å². The molecule has 0 atom stereocenters. The molecule has 2 aromatic heterocycles. The molecule has 17 heavy (non-hydrogen) atoms. The monoisotopic (exact) mass is 290 g/mol. The molecule has 0 fully saturated rings. The minimum absolute atomic E-state index is 0.190. The topological polar surface area (TPSA) is 60.7 Å². The summed E-state index contributed by atoms with van der Waals surface area (Å²) >= 11 is 3.29. The first kappa shape index (κ1) is 10.3. The van der Waals surface area contributed by atoms with Crippen LogP contribution in [-0.4, -0.2) is 25.7 Å². The van der Waals surface area contributed by atoms with Crippen LogP contribution in [0, 0.1) is 0 Å². The summed E-state index contributed by atoms with van der Waals surface area (Å²) in [6, 6.07) is 7.50. The van der Waals surface area contributed by atoms with Crippen LogP contribution in [0.15, 0.2) is 28.9 Å². The van der Waals surface area contributed by atoms with E-state index in [1.165, 1.54) is 11.6 Å². The molecule has 0 bridgehead atoms. The van der Waals surface area contributed by atoms with E-state index in [4.69, 9.17) is 0 Å². The number of rotatable bonds is 0. The maximum atomic E-state index is 11.4. The number of halogens is 1. The average Bonchev–Trinajstić information content (AvgIpc) is 2.64. The molecule has 0 saturated carbocycles. The summed E-state index contributed by atoms with van der Waals surface area (Å²) in [5.41, 5.74) is 2.60. The Morgan fingerprint density at radius 1 is 1.24 bits per heavy atom. The van der Waals surface area contributed by atoms with Gasteiger partial charge in [0.15, 0.2) is 10.3 Å². The lowest BCUT2D eigenvalue weighted by molar-refractivity contribution is 0.0925. The highest BCUT2D eigenvalue weighted by Gasteiger charge is 2.14. The summed E-state index contributed by atoms with van der Waals surface area (Å²) in [6.45, 7) is 1.44. The number of fused-ring (bicyclic) bond motifs is 2. The Hall–Kier alpha value is -1.82. The van der Waals surface area contributed by atoms with Crippen LogP contribution in [0.2, 0.25) is 0 Å². The fraction of sp³-hybridized carbons (Fsp3) is 0.0909. The minimum atomic E-state index is -0.190. The average molecular weight is 291 g/mol. The summed E-state index contributed by atoms with van der Waals surface area (Å²) < 4.78 is 1.78. The summed E-state index contributed by atoms with van der Waals surface area (Å²) in [7, 11) is 0. The second-order valence-corrected chi connectivity index (χ2v) is 4.36. The molecular weight excluding hydrogens is 284 g/mol. The molecule has 3 rings (SSSR count). The largest absolute Gasteiger partial charge is 0.273 e. The summed E-state index contributed by atoms with van der Waals surface area (Å²) in [4.78, 5) is 20.3. The number of aromatic nitrogens is 4. The zero-order valence-electron chi connectivity index (χ0n) is 8.88. The van der Waals surface area contributed by atoms with Crippen LogP contribution in [-0.2, 0) is 0 Å². The lowest BCUT2D eigenvalue weighted by Crippen LogP contribution is -2.08. The van der Waals surface area contributed by atoms with Gasteiger partial charge < -0.3 is 0 Å². The predicted molar refractivity (Wildman–Crippen MR) is 66.8 cm³/mol. The smallest absolute Gasteiger partial charge is 0.245 e. The van der Waals surface area contributed by atoms with E-state index in [2.05, 4.69) is 31.0 Å². The molecule has 0 unspecified atom stereocenters. The quantitative estimate of drug-likeness (QED) is 0.638. The maximum absolute atomic E-state index is 11.4. The first-order valence-electron chi connectivity index (χ1n) is 4.99. The minimum Gasteiger partial charge on any atom is -0.273 e. The molecule has 0 radical (unpaired) electrons. The van der Waals surface area contributed by atoms with Crippen molar-refractivity contribution in [2.24, 2.45) is 0 Å². The van der Waals surface area contributed by atoms with E-state index in [0.29, 0.717) is 15.8 Å². The highest BCUT2D eigenvalue weighted by Crippen LogP contribution is 2.22. The number of nitrogens with zero attached hydrogens (tertiary/aromatic N) is 4. The van der Waals surface area contributed by atoms with E-state index in [-0.39, 0.29) is 5.91 Å². The predicted octanol–water partition coefficient (Wildman–Crippen LogP) is 2.40. The van der Waals surface area contributed by atoms with Gasteiger partial charge in [0.2, 0.25) is 5.91 Å². The summed E-state index contributed by atoms with van der Waals surface area (Å²) in [5, 5.41) is 4.07. The van der Waals surface area contributed by atoms with Gasteiger partial charge in [0.25, 0.3) is 0 Å². The van der Waals surface area contributed by atoms with Gasteiger partial charge in [-0.2, -0.15) is 9.78 Å². The van der Waals surface area contributed by atoms with Gasteiger partial charge in [-0.1, -0.05) is 12.1 Å². The molecule has 1 aromatic carbocycles. The van der Waals surface area contributed by atoms with Gasteiger partial charge in [-0.05, 0) is 28.1 Å². The number of carbonyl (C=O) groups excluding carboxylic acids is 1. The van der Waals surface area contributed by atoms with Crippen molar-refractivity contribution in [1.82, 2.24) is 19.7 Å². The van der Waals surface area contributed by atoms with Gasteiger partial charge in [0, 0.05) is 6.92 Å². The Morgan fingerprint density at radius 3 is 2.53 bits per heavy atom. The van der Waals surface area contributed by atoms with Crippen LogP contribution in [0.25, 0.3) is 22.2 Å². The molecule has 3 aromatic rings. The van der Waals surface area contributed by atoms with Crippen LogP contribution < -0.4 is 0 Å². The number of hydrogen-bond donors (Lipinski definition) is 0. The molecule has 0 saturated heterocycles. The zero-order valence-corrected chi connectivity index (χ0v) is 10.5. The van der Waals surface area contributed by atoms with Crippen molar-refractivity contribution < 1.29 is 4.79 Å². The van der Waals surface area contributed by atoms with Crippen molar-refractivity contribution in [1.29, 1.82) is 0 Å². The summed E-state index contributed by atoms with van der Waals surface area (Å²) in [5.74, 6) is -0.190. The SMILES string of the molecule is CC(=O)n1nc(Br)c2nc3ccccc3nc21. The van der Waals surface area contributed by atoms with Gasteiger partial charge in [-0.15, -0.1) is 0 Å². The van der Waals surface area contributed by atoms with Crippen LogP contribution in [0.1, 0.15) is 11.7 Å². The number of carbonyl (C=O) groups is 1. The molecule has 84 valence electrons. The fourth-order valence-electron chi connectivity index (χ4n) is 1.68. The highest BCUT2D eigenvalue weighted by atomic mass is 79.9. The number of benzene rings is 1. The molecule has 6 heteroatoms. The van der Waals surface area contributed by atoms with E-state index >= 15 is 0 Å². The van der Waals surface area contributed by atoms with Gasteiger partial charge in [-0.25, -0.2) is 9.97 Å². The first-order valence-corrected chi connectivity index (χ1v) is 5.78. The lowest BCUT2D eigenvalue weighted by atomic mass is 10.3. The molecule has 0 spiro atoms. The molecule has 0 N–H and O–H groups in total. The molecule has 0 amide bonds. The third-order valence-corrected chi connectivity index (χ3v) is 2.97. The third kappa shape index (κ3) is 1.52. The van der Waals surface area contributed by atoms with E-state index < -0.39 is 0 Å². The van der Waals surface area contributed by atoms with Crippen molar-refractivity contribution in [3.05, 3.63) is 28.9 Å². The van der Waals surface area contributed by atoms with E-state index in [1.54, 1.807) is 0 Å². The Balaban J connectivity index is 2.49. The Morgan fingerprint density at radius 2 is 1.88 bits per heavy atom. The molecule has 5 nitrogen and oxygen atoms in total. The van der Waals surface area contributed by atoms with Crippen LogP contribution in [0.5, 0.6) is 0 Å². The maximum Gasteiger partial charge on any atom is 0.245 e. The first-order chi connectivity index (χ1) is 8.16. The van der Waals surface area contributed by atoms with Crippen molar-refractivity contribution in [3.63, 3.8) is 0 Å². The van der Waals surface area contributed by atoms with Gasteiger partial charge in [-0.3, -0.25) is 4.79 Å². The molecular formula is C11H7BrN4O. The van der Waals surface area contributed by atoms with E-state index in [9.17, 15) is 4.79 Å². The van der Waals surface area contributed by atoms with Crippen LogP contribution in [0.4, 0.5) is 0 Å². The van der Waals surface area contributed by atoms with Crippen LogP contribution in [0.3, 0.4) is 0 Å². The van der Waals surface area contributed by atoms with Crippen LogP contribution >= 0.6 is 15.9 Å². The third-order valence-electron chi connectivity index (χ3n) is 2.43. The van der Waals surface area contributed by atoms with Crippen molar-refractivity contribution in [3.8, 4) is 0 Å². The van der Waals surface area contributed by atoms with E-state index in [0.717, 1.165) is 11.0 Å². The lowest BCUT2D eigenvalue weighted by Gasteiger charge is -1.98. The van der Waals surface area contributed by atoms with Crippen molar-refractivity contribution in [2.75, 3.05) is 0 Å². The van der Waals surface area contributed by atoms with E-state index in [1.807, 2.05) is 24.3 Å². The van der Waals surface area contributed by atoms with Gasteiger partial charge >= 0.3 is 0 Å². The molecule has 0 aliphatic carbocycles.